The van der Waals surface area contributed by atoms with Crippen molar-refractivity contribution in [2.24, 2.45) is 0 Å². The van der Waals surface area contributed by atoms with E-state index >= 15 is 0 Å². The van der Waals surface area contributed by atoms with Crippen molar-refractivity contribution >= 4 is 15.7 Å². The molecule has 1 fully saturated rings. The monoisotopic (exact) mass is 425 g/mol. The van der Waals surface area contributed by atoms with Gasteiger partial charge in [0.05, 0.1) is 10.6 Å². The van der Waals surface area contributed by atoms with Gasteiger partial charge >= 0.3 is 0 Å². The molecule has 6 nitrogen and oxygen atoms in total. The van der Waals surface area contributed by atoms with Crippen LogP contribution in [0.4, 0.5) is 5.69 Å². The van der Waals surface area contributed by atoms with E-state index in [9.17, 15) is 8.42 Å². The number of nitrogens with zero attached hydrogens (tertiary/aromatic N) is 3. The zero-order valence-corrected chi connectivity index (χ0v) is 18.7. The molecule has 0 spiro atoms. The molecular formula is C23H27N3O3S. The molecule has 1 saturated heterocycles. The summed E-state index contributed by atoms with van der Waals surface area (Å²) < 4.78 is 33.1. The number of benzene rings is 2. The van der Waals surface area contributed by atoms with Crippen molar-refractivity contribution in [3.63, 3.8) is 0 Å². The van der Waals surface area contributed by atoms with E-state index in [-0.39, 0.29) is 0 Å². The van der Waals surface area contributed by atoms with Crippen LogP contribution < -0.4 is 4.90 Å². The largest absolute Gasteiger partial charge is 0.369 e. The maximum atomic E-state index is 13.2. The Morgan fingerprint density at radius 2 is 1.57 bits per heavy atom. The second kappa shape index (κ2) is 7.89. The number of anilines is 1. The summed E-state index contributed by atoms with van der Waals surface area (Å²) in [6.45, 7) is 10.3. The summed E-state index contributed by atoms with van der Waals surface area (Å²) >= 11 is 0. The van der Waals surface area contributed by atoms with Gasteiger partial charge in [0.1, 0.15) is 5.76 Å². The molecule has 4 rings (SSSR count). The Morgan fingerprint density at radius 3 is 2.17 bits per heavy atom. The first kappa shape index (κ1) is 20.6. The molecule has 0 radical (unpaired) electrons. The van der Waals surface area contributed by atoms with Gasteiger partial charge in [0.15, 0.2) is 0 Å². The summed E-state index contributed by atoms with van der Waals surface area (Å²) in [6.07, 6.45) is 0. The van der Waals surface area contributed by atoms with Crippen LogP contribution in [0.5, 0.6) is 0 Å². The van der Waals surface area contributed by atoms with Gasteiger partial charge in [-0.25, -0.2) is 8.42 Å². The van der Waals surface area contributed by atoms with Gasteiger partial charge in [0.25, 0.3) is 0 Å². The molecule has 1 aliphatic rings. The lowest BCUT2D eigenvalue weighted by atomic mass is 10.0. The zero-order chi connectivity index (χ0) is 21.5. The Kier molecular flexibility index (Phi) is 5.42. The maximum absolute atomic E-state index is 13.2. The van der Waals surface area contributed by atoms with Crippen molar-refractivity contribution in [3.05, 3.63) is 65.0 Å². The first-order chi connectivity index (χ1) is 14.3. The van der Waals surface area contributed by atoms with E-state index in [0.717, 1.165) is 22.6 Å². The summed E-state index contributed by atoms with van der Waals surface area (Å²) in [7, 11) is -3.52. The van der Waals surface area contributed by atoms with Crippen LogP contribution in [0, 0.1) is 27.7 Å². The number of hydrogen-bond donors (Lipinski definition) is 0. The number of hydrogen-bond acceptors (Lipinski definition) is 5. The Hall–Kier alpha value is -2.64. The van der Waals surface area contributed by atoms with Crippen LogP contribution >= 0.6 is 0 Å². The van der Waals surface area contributed by atoms with Crippen molar-refractivity contribution in [1.29, 1.82) is 0 Å². The minimum atomic E-state index is -3.52. The minimum Gasteiger partial charge on any atom is -0.369 e. The Labute approximate surface area is 178 Å². The molecule has 0 unspecified atom stereocenters. The van der Waals surface area contributed by atoms with Gasteiger partial charge in [-0.05, 0) is 62.6 Å². The molecule has 30 heavy (non-hydrogen) atoms. The summed E-state index contributed by atoms with van der Waals surface area (Å²) in [4.78, 5) is 2.59. The van der Waals surface area contributed by atoms with E-state index in [2.05, 4.69) is 42.1 Å². The number of rotatable bonds is 4. The summed E-state index contributed by atoms with van der Waals surface area (Å²) in [6, 6.07) is 13.3. The molecule has 3 aromatic rings. The van der Waals surface area contributed by atoms with Crippen LogP contribution in [0.3, 0.4) is 0 Å². The van der Waals surface area contributed by atoms with Crippen LogP contribution in [0.1, 0.15) is 22.6 Å². The topological polar surface area (TPSA) is 66.7 Å². The minimum absolute atomic E-state index is 0.318. The third-order valence-corrected chi connectivity index (χ3v) is 7.88. The lowest BCUT2D eigenvalue weighted by Gasteiger charge is -2.36. The molecule has 0 saturated carbocycles. The molecule has 0 aliphatic carbocycles. The highest BCUT2D eigenvalue weighted by Gasteiger charge is 2.29. The summed E-state index contributed by atoms with van der Waals surface area (Å²) in [5, 5.41) is 3.97. The van der Waals surface area contributed by atoms with Gasteiger partial charge in [-0.1, -0.05) is 29.4 Å². The van der Waals surface area contributed by atoms with Gasteiger partial charge in [-0.15, -0.1) is 0 Å². The zero-order valence-electron chi connectivity index (χ0n) is 17.8. The molecule has 0 atom stereocenters. The number of aromatic nitrogens is 1. The van der Waals surface area contributed by atoms with E-state index in [1.807, 2.05) is 26.0 Å². The number of sulfonamides is 1. The van der Waals surface area contributed by atoms with Crippen molar-refractivity contribution in [2.45, 2.75) is 32.6 Å². The predicted octanol–water partition coefficient (Wildman–Crippen LogP) is 4.09. The molecule has 0 bridgehead atoms. The highest BCUT2D eigenvalue weighted by molar-refractivity contribution is 7.89. The van der Waals surface area contributed by atoms with Crippen LogP contribution in [-0.2, 0) is 10.0 Å². The highest BCUT2D eigenvalue weighted by atomic mass is 32.2. The Balaban J connectivity index is 1.50. The van der Waals surface area contributed by atoms with Gasteiger partial charge in [-0.3, -0.25) is 0 Å². The maximum Gasteiger partial charge on any atom is 0.243 e. The molecule has 0 N–H and O–H groups in total. The van der Waals surface area contributed by atoms with Gasteiger partial charge in [0.2, 0.25) is 10.0 Å². The fourth-order valence-electron chi connectivity index (χ4n) is 4.09. The smallest absolute Gasteiger partial charge is 0.243 e. The van der Waals surface area contributed by atoms with E-state index in [0.29, 0.717) is 31.1 Å². The third kappa shape index (κ3) is 3.63. The van der Waals surface area contributed by atoms with Gasteiger partial charge < -0.3 is 9.42 Å². The summed E-state index contributed by atoms with van der Waals surface area (Å²) in [5.74, 6) is 0.727. The first-order valence-electron chi connectivity index (χ1n) is 10.1. The Bertz CT molecular complexity index is 1140. The average Bonchev–Trinajstić information content (AvgIpc) is 3.08. The number of aryl methyl sites for hydroxylation is 3. The SMILES string of the molecule is Cc1cccc(N2CCN(S(=O)(=O)c3ccc(-c4c(C)noc4C)cc3)CC2)c1C. The van der Waals surface area contributed by atoms with E-state index in [1.54, 1.807) is 16.4 Å². The van der Waals surface area contributed by atoms with Crippen molar-refractivity contribution in [1.82, 2.24) is 9.46 Å². The second-order valence-corrected chi connectivity index (χ2v) is 9.77. The van der Waals surface area contributed by atoms with Gasteiger partial charge in [-0.2, -0.15) is 4.31 Å². The normalized spacial score (nSPS) is 15.5. The summed E-state index contributed by atoms with van der Waals surface area (Å²) in [5.41, 5.74) is 6.32. The van der Waals surface area contributed by atoms with E-state index < -0.39 is 10.0 Å². The molecule has 2 heterocycles. The van der Waals surface area contributed by atoms with Crippen LogP contribution in [0.15, 0.2) is 51.9 Å². The van der Waals surface area contributed by atoms with Crippen molar-refractivity contribution < 1.29 is 12.9 Å². The predicted molar refractivity (Wildman–Crippen MR) is 118 cm³/mol. The fraction of sp³-hybridized carbons (Fsp3) is 0.348. The molecule has 158 valence electrons. The lowest BCUT2D eigenvalue weighted by Crippen LogP contribution is -2.48. The molecule has 1 aromatic heterocycles. The molecule has 2 aromatic carbocycles. The van der Waals surface area contributed by atoms with Crippen LogP contribution in [0.25, 0.3) is 11.1 Å². The quantitative estimate of drug-likeness (QED) is 0.630. The number of piperazine rings is 1. The average molecular weight is 426 g/mol. The van der Waals surface area contributed by atoms with Gasteiger partial charge in [0, 0.05) is 37.4 Å². The molecule has 7 heteroatoms. The van der Waals surface area contributed by atoms with E-state index in [1.165, 1.54) is 16.8 Å². The fourth-order valence-corrected chi connectivity index (χ4v) is 5.51. The van der Waals surface area contributed by atoms with Crippen molar-refractivity contribution in [2.75, 3.05) is 31.1 Å². The molecule has 0 amide bonds. The second-order valence-electron chi connectivity index (χ2n) is 7.83. The standard InChI is InChI=1S/C23H27N3O3S/c1-16-6-5-7-22(17(16)2)25-12-14-26(15-13-25)30(27,28)21-10-8-20(9-11-21)23-18(3)24-29-19(23)4/h5-11H,12-15H2,1-4H3. The molecular weight excluding hydrogens is 398 g/mol. The van der Waals surface area contributed by atoms with E-state index in [4.69, 9.17) is 4.52 Å². The van der Waals surface area contributed by atoms with Crippen LogP contribution in [-0.4, -0.2) is 44.1 Å². The van der Waals surface area contributed by atoms with Crippen LogP contribution in [0.2, 0.25) is 0 Å². The lowest BCUT2D eigenvalue weighted by molar-refractivity contribution is 0.384. The third-order valence-electron chi connectivity index (χ3n) is 5.97. The Morgan fingerprint density at radius 1 is 0.900 bits per heavy atom. The molecule has 1 aliphatic heterocycles. The van der Waals surface area contributed by atoms with Crippen molar-refractivity contribution in [3.8, 4) is 11.1 Å². The first-order valence-corrected chi connectivity index (χ1v) is 11.6. The highest BCUT2D eigenvalue weighted by Crippen LogP contribution is 2.29.